The number of carboxylic acid groups (broad SMARTS) is 2. The zero-order valence-corrected chi connectivity index (χ0v) is 24.8. The second-order valence-corrected chi connectivity index (χ2v) is 11.2. The van der Waals surface area contributed by atoms with Gasteiger partial charge in [-0.25, -0.2) is 0 Å². The minimum atomic E-state index is -2.33. The average Bonchev–Trinajstić information content (AvgIpc) is 2.77. The molecule has 0 radical (unpaired) electrons. The van der Waals surface area contributed by atoms with Gasteiger partial charge in [0.15, 0.2) is 0 Å². The maximum absolute atomic E-state index is 8.33. The Morgan fingerprint density at radius 3 is 0.882 bits per heavy atom. The Labute approximate surface area is 215 Å². The molecule has 0 rings (SSSR count). The summed E-state index contributed by atoms with van der Waals surface area (Å²) in [6.45, 7) is 14.4. The molecule has 0 fully saturated rings. The minimum absolute atomic E-state index is 1.19. The van der Waals surface area contributed by atoms with Crippen LogP contribution in [0.15, 0.2) is 0 Å². The van der Waals surface area contributed by atoms with Crippen LogP contribution in [0, 0.1) is 0 Å². The lowest BCUT2D eigenvalue weighted by atomic mass is 10.1. The largest absolute Gasteiger partial charge is 0.652 e. The molecular weight excluding hydrogens is 424 g/mol. The fourth-order valence-corrected chi connectivity index (χ4v) is 3.66. The van der Waals surface area contributed by atoms with Crippen LogP contribution in [0.3, 0.4) is 0 Å². The molecule has 0 heterocycles. The van der Waals surface area contributed by atoms with E-state index in [1.165, 1.54) is 138 Å². The summed E-state index contributed by atoms with van der Waals surface area (Å²) in [7, 11) is 9.34. The summed E-state index contributed by atoms with van der Waals surface area (Å²) in [5.41, 5.74) is 0. The van der Waals surface area contributed by atoms with Crippen molar-refractivity contribution in [3.05, 3.63) is 0 Å². The van der Waals surface area contributed by atoms with Crippen molar-refractivity contribution >= 4 is 6.16 Å². The smallest absolute Gasteiger partial charge is 0.0782 e. The van der Waals surface area contributed by atoms with Crippen molar-refractivity contribution < 1.29 is 24.0 Å². The highest BCUT2D eigenvalue weighted by molar-refractivity contribution is 5.47. The molecule has 0 saturated heterocycles. The summed E-state index contributed by atoms with van der Waals surface area (Å²) in [5.74, 6) is 0. The molecule has 0 aliphatic rings. The fourth-order valence-electron chi connectivity index (χ4n) is 3.66. The van der Waals surface area contributed by atoms with Gasteiger partial charge in [-0.05, 0) is 45.7 Å². The van der Waals surface area contributed by atoms with Gasteiger partial charge in [0.2, 0.25) is 0 Å². The van der Waals surface area contributed by atoms with Crippen LogP contribution in [0.1, 0.15) is 130 Å². The SMILES string of the molecule is CCCCCCCCCC[N+](C)(C)CC.CCCCCCCCCC[N+](C)(C)CC.O=C([O-])[O-]. The highest BCUT2D eigenvalue weighted by Crippen LogP contribution is 2.11. The van der Waals surface area contributed by atoms with Crippen LogP contribution in [-0.4, -0.2) is 69.5 Å². The van der Waals surface area contributed by atoms with E-state index in [-0.39, 0.29) is 0 Å². The first kappa shape index (κ1) is 37.7. The zero-order valence-electron chi connectivity index (χ0n) is 24.8. The molecule has 0 saturated carbocycles. The lowest BCUT2D eigenvalue weighted by molar-refractivity contribution is -0.888. The van der Waals surface area contributed by atoms with Gasteiger partial charge in [-0.1, -0.05) is 90.9 Å². The summed E-state index contributed by atoms with van der Waals surface area (Å²) in [5, 5.41) is 16.7. The Bertz CT molecular complexity index is 376. The molecule has 0 N–H and O–H groups in total. The van der Waals surface area contributed by atoms with E-state index in [2.05, 4.69) is 55.9 Å². The van der Waals surface area contributed by atoms with E-state index in [1.807, 2.05) is 0 Å². The third-order valence-corrected chi connectivity index (χ3v) is 6.95. The fraction of sp³-hybridized carbons (Fsp3) is 0.966. The summed E-state index contributed by atoms with van der Waals surface area (Å²) < 4.78 is 2.38. The molecule has 5 nitrogen and oxygen atoms in total. The molecule has 0 spiro atoms. The predicted molar refractivity (Wildman–Crippen MR) is 146 cm³/mol. The third-order valence-electron chi connectivity index (χ3n) is 6.95. The second kappa shape index (κ2) is 26.8. The third kappa shape index (κ3) is 38.5. The number of unbranched alkanes of at least 4 members (excludes halogenated alkanes) is 14. The first-order valence-corrected chi connectivity index (χ1v) is 14.5. The van der Waals surface area contributed by atoms with E-state index >= 15 is 0 Å². The van der Waals surface area contributed by atoms with Gasteiger partial charge in [-0.3, -0.25) is 0 Å². The molecule has 208 valence electrons. The Morgan fingerprint density at radius 1 is 0.471 bits per heavy atom. The van der Waals surface area contributed by atoms with Crippen LogP contribution in [0.4, 0.5) is 4.79 Å². The summed E-state index contributed by atoms with van der Waals surface area (Å²) in [6, 6.07) is 0. The van der Waals surface area contributed by atoms with E-state index < -0.39 is 6.16 Å². The number of carbonyl (C=O) groups is 1. The first-order chi connectivity index (χ1) is 16.0. The van der Waals surface area contributed by atoms with Gasteiger partial charge in [0.05, 0.1) is 54.4 Å². The number of hydrogen-bond donors (Lipinski definition) is 0. The Morgan fingerprint density at radius 2 is 0.676 bits per heavy atom. The number of quaternary nitrogens is 2. The van der Waals surface area contributed by atoms with Crippen molar-refractivity contribution in [3.8, 4) is 0 Å². The van der Waals surface area contributed by atoms with Crippen molar-refractivity contribution in [1.82, 2.24) is 0 Å². The molecule has 0 atom stereocenters. The van der Waals surface area contributed by atoms with Crippen molar-refractivity contribution in [2.75, 3.05) is 54.4 Å². The van der Waals surface area contributed by atoms with Crippen molar-refractivity contribution in [2.45, 2.75) is 130 Å². The van der Waals surface area contributed by atoms with E-state index in [0.717, 1.165) is 0 Å². The predicted octanol–water partition coefficient (Wildman–Crippen LogP) is 6.00. The Balaban J connectivity index is -0.000000488. The molecule has 0 aromatic carbocycles. The number of carbonyl (C=O) groups excluding carboxylic acids is 1. The maximum Gasteiger partial charge on any atom is 0.0782 e. The zero-order chi connectivity index (χ0) is 26.7. The molecule has 0 amide bonds. The van der Waals surface area contributed by atoms with Gasteiger partial charge in [0, 0.05) is 0 Å². The molecular formula is C29H64N2O3. The van der Waals surface area contributed by atoms with E-state index in [0.29, 0.717) is 0 Å². The van der Waals surface area contributed by atoms with Crippen LogP contribution >= 0.6 is 0 Å². The molecule has 0 unspecified atom stereocenters. The second-order valence-electron chi connectivity index (χ2n) is 11.2. The monoisotopic (exact) mass is 488 g/mol. The van der Waals surface area contributed by atoms with Crippen LogP contribution < -0.4 is 10.2 Å². The van der Waals surface area contributed by atoms with Gasteiger partial charge in [-0.2, -0.15) is 0 Å². The standard InChI is InChI=1S/2C14H32N.CH2O3/c2*1-5-7-8-9-10-11-12-13-14-15(3,4)6-2;2-1(3)4/h2*5-14H2,1-4H3;(H2,2,3,4)/q2*+1;/p-2. The van der Waals surface area contributed by atoms with Crippen LogP contribution in [0.5, 0.6) is 0 Å². The van der Waals surface area contributed by atoms with E-state index in [4.69, 9.17) is 15.0 Å². The first-order valence-electron chi connectivity index (χ1n) is 14.5. The van der Waals surface area contributed by atoms with Crippen LogP contribution in [0.25, 0.3) is 0 Å². The number of rotatable bonds is 20. The molecule has 5 heteroatoms. The summed E-state index contributed by atoms with van der Waals surface area (Å²) in [4.78, 5) is 8.33. The topological polar surface area (TPSA) is 63.2 Å². The molecule has 0 bridgehead atoms. The molecule has 0 aromatic rings. The number of hydrogen-bond acceptors (Lipinski definition) is 3. The molecule has 0 aliphatic heterocycles. The van der Waals surface area contributed by atoms with Crippen molar-refractivity contribution in [2.24, 2.45) is 0 Å². The van der Waals surface area contributed by atoms with Gasteiger partial charge < -0.3 is 24.0 Å². The van der Waals surface area contributed by atoms with E-state index in [9.17, 15) is 0 Å². The van der Waals surface area contributed by atoms with Crippen molar-refractivity contribution in [1.29, 1.82) is 0 Å². The average molecular weight is 489 g/mol. The Kier molecular flexibility index (Phi) is 29.7. The molecule has 0 aliphatic carbocycles. The van der Waals surface area contributed by atoms with Gasteiger partial charge in [0.25, 0.3) is 0 Å². The van der Waals surface area contributed by atoms with Crippen molar-refractivity contribution in [3.63, 3.8) is 0 Å². The quantitative estimate of drug-likeness (QED) is 0.156. The molecule has 0 aromatic heterocycles. The van der Waals surface area contributed by atoms with E-state index in [1.54, 1.807) is 0 Å². The summed E-state index contributed by atoms with van der Waals surface area (Å²) in [6.07, 6.45) is 20.6. The van der Waals surface area contributed by atoms with Gasteiger partial charge >= 0.3 is 0 Å². The lowest BCUT2D eigenvalue weighted by Gasteiger charge is -2.28. The number of nitrogens with zero attached hydrogens (tertiary/aromatic N) is 2. The van der Waals surface area contributed by atoms with Gasteiger partial charge in [0.1, 0.15) is 0 Å². The normalized spacial score (nSPS) is 11.3. The Hall–Kier alpha value is -0.810. The highest BCUT2D eigenvalue weighted by Gasteiger charge is 2.10. The minimum Gasteiger partial charge on any atom is -0.652 e. The van der Waals surface area contributed by atoms with Crippen LogP contribution in [0.2, 0.25) is 0 Å². The highest BCUT2D eigenvalue weighted by atomic mass is 16.6. The maximum atomic E-state index is 8.33. The van der Waals surface area contributed by atoms with Crippen LogP contribution in [-0.2, 0) is 0 Å². The van der Waals surface area contributed by atoms with Gasteiger partial charge in [-0.15, -0.1) is 0 Å². The lowest BCUT2D eigenvalue weighted by Crippen LogP contribution is -2.39. The summed E-state index contributed by atoms with van der Waals surface area (Å²) >= 11 is 0. The molecule has 34 heavy (non-hydrogen) atoms.